The molecule has 112 valence electrons. The molecule has 0 radical (unpaired) electrons. The van der Waals surface area contributed by atoms with Crippen molar-refractivity contribution in [2.75, 3.05) is 26.2 Å². The molecule has 1 atom stereocenters. The summed E-state index contributed by atoms with van der Waals surface area (Å²) >= 11 is 0. The molecule has 1 fully saturated rings. The van der Waals surface area contributed by atoms with Crippen molar-refractivity contribution >= 4 is 0 Å². The molecule has 7 heteroatoms. The Morgan fingerprint density at radius 2 is 2.10 bits per heavy atom. The quantitative estimate of drug-likeness (QED) is 0.922. The Balaban J connectivity index is 1.94. The second-order valence-electron chi connectivity index (χ2n) is 5.01. The van der Waals surface area contributed by atoms with Gasteiger partial charge >= 0.3 is 6.29 Å². The summed E-state index contributed by atoms with van der Waals surface area (Å²) in [4.78, 5) is 2.11. The van der Waals surface area contributed by atoms with E-state index in [1.54, 1.807) is 12.1 Å². The molecule has 1 aromatic rings. The van der Waals surface area contributed by atoms with E-state index >= 15 is 0 Å². The zero-order valence-electron chi connectivity index (χ0n) is 11.3. The molecule has 21 heavy (non-hydrogen) atoms. The summed E-state index contributed by atoms with van der Waals surface area (Å²) < 4.78 is 35.7. The van der Waals surface area contributed by atoms with Crippen LogP contribution in [0.5, 0.6) is 11.5 Å². The van der Waals surface area contributed by atoms with E-state index in [0.717, 1.165) is 26.2 Å². The van der Waals surface area contributed by atoms with Crippen molar-refractivity contribution in [3.63, 3.8) is 0 Å². The first-order valence-electron chi connectivity index (χ1n) is 6.81. The Morgan fingerprint density at radius 1 is 1.33 bits per heavy atom. The maximum absolute atomic E-state index is 13.3. The predicted molar refractivity (Wildman–Crippen MR) is 70.1 cm³/mol. The standard InChI is InChI=1S/C14H15F2N3O2/c15-14(16)20-12-3-1-2-10(13(12)21-14)11(4-5-17)19-8-6-18-7-9-19/h1-3,11,18H,4,6-9H2/t11-/m0/s1. The Kier molecular flexibility index (Phi) is 3.66. The lowest BCUT2D eigenvalue weighted by Gasteiger charge is -2.34. The third kappa shape index (κ3) is 2.77. The summed E-state index contributed by atoms with van der Waals surface area (Å²) in [5, 5.41) is 12.3. The lowest BCUT2D eigenvalue weighted by molar-refractivity contribution is -0.287. The van der Waals surface area contributed by atoms with E-state index in [9.17, 15) is 8.78 Å². The maximum atomic E-state index is 13.3. The number of nitrogens with zero attached hydrogens (tertiary/aromatic N) is 2. The molecule has 1 aromatic carbocycles. The lowest BCUT2D eigenvalue weighted by Crippen LogP contribution is -2.45. The molecular weight excluding hydrogens is 280 g/mol. The summed E-state index contributed by atoms with van der Waals surface area (Å²) in [7, 11) is 0. The van der Waals surface area contributed by atoms with E-state index < -0.39 is 6.29 Å². The number of halogens is 2. The van der Waals surface area contributed by atoms with Gasteiger partial charge in [0.25, 0.3) is 0 Å². The van der Waals surface area contributed by atoms with Crippen molar-refractivity contribution in [3.05, 3.63) is 23.8 Å². The van der Waals surface area contributed by atoms with Crippen LogP contribution in [0, 0.1) is 11.3 Å². The average Bonchev–Trinajstić information content (AvgIpc) is 2.79. The molecule has 0 bridgehead atoms. The topological polar surface area (TPSA) is 57.5 Å². The highest BCUT2D eigenvalue weighted by atomic mass is 19.3. The largest absolute Gasteiger partial charge is 0.586 e. The first-order chi connectivity index (χ1) is 10.1. The van der Waals surface area contributed by atoms with Gasteiger partial charge in [-0.1, -0.05) is 12.1 Å². The number of nitriles is 1. The van der Waals surface area contributed by atoms with Crippen LogP contribution in [0.3, 0.4) is 0 Å². The summed E-state index contributed by atoms with van der Waals surface area (Å²) in [5.74, 6) is 0.0665. The summed E-state index contributed by atoms with van der Waals surface area (Å²) in [6.45, 7) is 3.13. The zero-order chi connectivity index (χ0) is 14.9. The molecule has 0 unspecified atom stereocenters. The van der Waals surface area contributed by atoms with Crippen LogP contribution >= 0.6 is 0 Å². The number of para-hydroxylation sites is 1. The molecule has 2 heterocycles. The Bertz CT molecular complexity index is 568. The van der Waals surface area contributed by atoms with Crippen LogP contribution in [0.4, 0.5) is 8.78 Å². The Hall–Kier alpha value is -1.91. The van der Waals surface area contributed by atoms with Crippen molar-refractivity contribution < 1.29 is 18.3 Å². The van der Waals surface area contributed by atoms with Crippen LogP contribution in [0.25, 0.3) is 0 Å². The fraction of sp³-hybridized carbons (Fsp3) is 0.500. The van der Waals surface area contributed by atoms with Gasteiger partial charge in [0.05, 0.1) is 18.5 Å². The van der Waals surface area contributed by atoms with E-state index in [-0.39, 0.29) is 24.0 Å². The van der Waals surface area contributed by atoms with Crippen LogP contribution in [0.2, 0.25) is 0 Å². The summed E-state index contributed by atoms with van der Waals surface area (Å²) in [6, 6.07) is 6.66. The molecule has 0 aliphatic carbocycles. The molecule has 0 spiro atoms. The minimum atomic E-state index is -3.64. The molecule has 2 aliphatic rings. The first-order valence-corrected chi connectivity index (χ1v) is 6.81. The SMILES string of the molecule is N#CC[C@@H](c1cccc2c1OC(F)(F)O2)N1CCNCC1. The number of alkyl halides is 2. The van der Waals surface area contributed by atoms with Crippen molar-refractivity contribution in [1.82, 2.24) is 10.2 Å². The smallest absolute Gasteiger partial charge is 0.395 e. The number of hydrogen-bond acceptors (Lipinski definition) is 5. The fourth-order valence-electron chi connectivity index (χ4n) is 2.77. The Morgan fingerprint density at radius 3 is 2.81 bits per heavy atom. The molecule has 0 aromatic heterocycles. The molecule has 5 nitrogen and oxygen atoms in total. The fourth-order valence-corrected chi connectivity index (χ4v) is 2.77. The highest BCUT2D eigenvalue weighted by molar-refractivity contribution is 5.50. The second-order valence-corrected chi connectivity index (χ2v) is 5.01. The van der Waals surface area contributed by atoms with Crippen molar-refractivity contribution in [1.29, 1.82) is 5.26 Å². The molecular formula is C14H15F2N3O2. The predicted octanol–water partition coefficient (Wildman–Crippen LogP) is 1.87. The average molecular weight is 295 g/mol. The van der Waals surface area contributed by atoms with Crippen molar-refractivity contribution in [3.8, 4) is 17.6 Å². The number of rotatable bonds is 3. The summed E-state index contributed by atoms with van der Waals surface area (Å²) in [5.41, 5.74) is 0.577. The van der Waals surface area contributed by atoms with Crippen LogP contribution in [0.1, 0.15) is 18.0 Å². The minimum absolute atomic E-state index is 0.0237. The van der Waals surface area contributed by atoms with Gasteiger partial charge in [0.2, 0.25) is 0 Å². The van der Waals surface area contributed by atoms with Crippen molar-refractivity contribution in [2.45, 2.75) is 18.8 Å². The summed E-state index contributed by atoms with van der Waals surface area (Å²) in [6.07, 6.45) is -3.43. The minimum Gasteiger partial charge on any atom is -0.395 e. The number of hydrogen-bond donors (Lipinski definition) is 1. The van der Waals surface area contributed by atoms with Gasteiger partial charge in [-0.05, 0) is 6.07 Å². The van der Waals surface area contributed by atoms with E-state index in [2.05, 4.69) is 25.8 Å². The number of nitrogens with one attached hydrogen (secondary N) is 1. The van der Waals surface area contributed by atoms with Gasteiger partial charge in [0.15, 0.2) is 11.5 Å². The highest BCUT2D eigenvalue weighted by Crippen LogP contribution is 2.46. The lowest BCUT2D eigenvalue weighted by atomic mass is 10.00. The number of fused-ring (bicyclic) bond motifs is 1. The van der Waals surface area contributed by atoms with Crippen LogP contribution in [-0.4, -0.2) is 37.4 Å². The van der Waals surface area contributed by atoms with Gasteiger partial charge < -0.3 is 14.8 Å². The number of ether oxygens (including phenoxy) is 2. The van der Waals surface area contributed by atoms with E-state index in [1.807, 2.05) is 0 Å². The normalized spacial score (nSPS) is 21.8. The van der Waals surface area contributed by atoms with E-state index in [0.29, 0.717) is 5.56 Å². The van der Waals surface area contributed by atoms with Gasteiger partial charge in [0.1, 0.15) is 0 Å². The molecule has 1 N–H and O–H groups in total. The molecule has 3 rings (SSSR count). The van der Waals surface area contributed by atoms with Gasteiger partial charge in [0, 0.05) is 31.7 Å². The number of benzene rings is 1. The maximum Gasteiger partial charge on any atom is 0.586 e. The molecule has 2 aliphatic heterocycles. The van der Waals surface area contributed by atoms with Gasteiger partial charge in [-0.3, -0.25) is 4.90 Å². The van der Waals surface area contributed by atoms with E-state index in [4.69, 9.17) is 5.26 Å². The second kappa shape index (κ2) is 5.47. The zero-order valence-corrected chi connectivity index (χ0v) is 11.3. The highest BCUT2D eigenvalue weighted by Gasteiger charge is 2.45. The van der Waals surface area contributed by atoms with Gasteiger partial charge in [-0.2, -0.15) is 5.26 Å². The van der Waals surface area contributed by atoms with Crippen LogP contribution in [-0.2, 0) is 0 Å². The third-order valence-corrected chi connectivity index (χ3v) is 3.70. The van der Waals surface area contributed by atoms with Crippen LogP contribution < -0.4 is 14.8 Å². The molecule has 0 amide bonds. The molecule has 0 saturated carbocycles. The van der Waals surface area contributed by atoms with Crippen molar-refractivity contribution in [2.24, 2.45) is 0 Å². The molecule has 1 saturated heterocycles. The van der Waals surface area contributed by atoms with E-state index in [1.165, 1.54) is 6.07 Å². The van der Waals surface area contributed by atoms with Gasteiger partial charge in [-0.25, -0.2) is 0 Å². The van der Waals surface area contributed by atoms with Crippen LogP contribution in [0.15, 0.2) is 18.2 Å². The first kappa shape index (κ1) is 14.0. The Labute approximate surface area is 121 Å². The monoisotopic (exact) mass is 295 g/mol. The number of piperazine rings is 1. The third-order valence-electron chi connectivity index (χ3n) is 3.70. The van der Waals surface area contributed by atoms with Gasteiger partial charge in [-0.15, -0.1) is 8.78 Å².